The number of nitriles is 1. The molecule has 0 spiro atoms. The van der Waals surface area contributed by atoms with Crippen LogP contribution in [0.4, 0.5) is 10.1 Å². The number of nitrogens with one attached hydrogen (secondary N) is 1. The maximum atomic E-state index is 13.1. The zero-order valence-corrected chi connectivity index (χ0v) is 10.2. The van der Waals surface area contributed by atoms with Crippen LogP contribution in [0.3, 0.4) is 0 Å². The van der Waals surface area contributed by atoms with E-state index in [9.17, 15) is 4.39 Å². The van der Waals surface area contributed by atoms with Crippen molar-refractivity contribution in [2.45, 2.75) is 18.9 Å². The van der Waals surface area contributed by atoms with Gasteiger partial charge in [-0.25, -0.2) is 4.39 Å². The molecule has 4 heteroatoms. The van der Waals surface area contributed by atoms with Gasteiger partial charge < -0.3 is 10.2 Å². The van der Waals surface area contributed by atoms with Crippen molar-refractivity contribution in [1.82, 2.24) is 5.32 Å². The van der Waals surface area contributed by atoms with E-state index in [0.29, 0.717) is 17.5 Å². The van der Waals surface area contributed by atoms with Crippen LogP contribution in [0.25, 0.3) is 0 Å². The van der Waals surface area contributed by atoms with Crippen molar-refractivity contribution >= 4 is 5.69 Å². The van der Waals surface area contributed by atoms with Gasteiger partial charge in [0.2, 0.25) is 0 Å². The monoisotopic (exact) mass is 245 g/mol. The molecule has 0 aliphatic carbocycles. The van der Waals surface area contributed by atoms with Crippen molar-refractivity contribution in [3.05, 3.63) is 29.6 Å². The summed E-state index contributed by atoms with van der Waals surface area (Å²) in [6.07, 6.45) is 2.30. The Labute approximate surface area is 106 Å². The first-order chi connectivity index (χ1) is 8.78. The van der Waals surface area contributed by atoms with Gasteiger partial charge in [-0.15, -0.1) is 0 Å². The quantitative estimate of drug-likeness (QED) is 0.821. The van der Waals surface area contributed by atoms with Crippen LogP contribution in [0.15, 0.2) is 18.2 Å². The number of anilines is 1. The zero-order chi connectivity index (χ0) is 12.5. The molecule has 0 radical (unpaired) electrons. The first-order valence-corrected chi connectivity index (χ1v) is 6.46. The average Bonchev–Trinajstić information content (AvgIpc) is 2.85. The van der Waals surface area contributed by atoms with Gasteiger partial charge >= 0.3 is 0 Å². The minimum atomic E-state index is -0.340. The maximum absolute atomic E-state index is 13.1. The van der Waals surface area contributed by atoms with E-state index in [1.165, 1.54) is 18.6 Å². The summed E-state index contributed by atoms with van der Waals surface area (Å²) in [5.74, 6) is 0.322. The molecule has 2 atom stereocenters. The van der Waals surface area contributed by atoms with Gasteiger partial charge in [-0.1, -0.05) is 0 Å². The molecule has 2 saturated heterocycles. The van der Waals surface area contributed by atoms with E-state index in [0.717, 1.165) is 31.7 Å². The van der Waals surface area contributed by atoms with Gasteiger partial charge in [-0.3, -0.25) is 0 Å². The highest BCUT2D eigenvalue weighted by Gasteiger charge is 2.33. The summed E-state index contributed by atoms with van der Waals surface area (Å²) in [5.41, 5.74) is 1.32. The molecule has 0 aromatic heterocycles. The molecular weight excluding hydrogens is 229 g/mol. The maximum Gasteiger partial charge on any atom is 0.124 e. The topological polar surface area (TPSA) is 39.1 Å². The number of hydrogen-bond donors (Lipinski definition) is 1. The summed E-state index contributed by atoms with van der Waals surface area (Å²) < 4.78 is 13.1. The van der Waals surface area contributed by atoms with Gasteiger partial charge in [-0.2, -0.15) is 5.26 Å². The number of hydrogen-bond acceptors (Lipinski definition) is 3. The van der Waals surface area contributed by atoms with Crippen LogP contribution in [0, 0.1) is 23.1 Å². The Hall–Kier alpha value is -1.60. The number of halogens is 1. The van der Waals surface area contributed by atoms with E-state index < -0.39 is 0 Å². The predicted molar refractivity (Wildman–Crippen MR) is 67.8 cm³/mol. The Bertz CT molecular complexity index is 494. The van der Waals surface area contributed by atoms with Crippen molar-refractivity contribution in [1.29, 1.82) is 5.26 Å². The van der Waals surface area contributed by atoms with E-state index in [1.807, 2.05) is 0 Å². The summed E-state index contributed by atoms with van der Waals surface area (Å²) >= 11 is 0. The first kappa shape index (κ1) is 11.5. The SMILES string of the molecule is N#Cc1cc(F)ccc1N1CCC2NCCC2C1. The summed E-state index contributed by atoms with van der Waals surface area (Å²) in [6.45, 7) is 3.00. The van der Waals surface area contributed by atoms with Crippen molar-refractivity contribution in [3.63, 3.8) is 0 Å². The molecule has 3 nitrogen and oxygen atoms in total. The molecular formula is C14H16FN3. The van der Waals surface area contributed by atoms with Crippen LogP contribution in [-0.4, -0.2) is 25.7 Å². The number of nitrogens with zero attached hydrogens (tertiary/aromatic N) is 2. The van der Waals surface area contributed by atoms with Crippen LogP contribution in [0.2, 0.25) is 0 Å². The Balaban J connectivity index is 1.85. The molecule has 1 aromatic rings. The van der Waals surface area contributed by atoms with Gasteiger partial charge in [0, 0.05) is 19.1 Å². The number of rotatable bonds is 1. The Morgan fingerprint density at radius 1 is 1.39 bits per heavy atom. The number of benzene rings is 1. The smallest absolute Gasteiger partial charge is 0.124 e. The summed E-state index contributed by atoms with van der Waals surface area (Å²) in [7, 11) is 0. The van der Waals surface area contributed by atoms with Gasteiger partial charge in [0.25, 0.3) is 0 Å². The Morgan fingerprint density at radius 2 is 2.28 bits per heavy atom. The van der Waals surface area contributed by atoms with Crippen LogP contribution in [0.5, 0.6) is 0 Å². The molecule has 2 unspecified atom stereocenters. The molecule has 94 valence electrons. The zero-order valence-electron chi connectivity index (χ0n) is 10.2. The largest absolute Gasteiger partial charge is 0.370 e. The van der Waals surface area contributed by atoms with E-state index in [-0.39, 0.29) is 5.82 Å². The molecule has 2 fully saturated rings. The summed E-state index contributed by atoms with van der Waals surface area (Å²) in [5, 5.41) is 12.6. The fourth-order valence-electron chi connectivity index (χ4n) is 3.14. The van der Waals surface area contributed by atoms with Gasteiger partial charge in [0.05, 0.1) is 11.3 Å². The fourth-order valence-corrected chi connectivity index (χ4v) is 3.14. The molecule has 0 bridgehead atoms. The van der Waals surface area contributed by atoms with E-state index in [4.69, 9.17) is 5.26 Å². The standard InChI is InChI=1S/C14H16FN3/c15-12-1-2-14(11(7-12)8-16)18-6-4-13-10(9-18)3-5-17-13/h1-2,7,10,13,17H,3-6,9H2. The highest BCUT2D eigenvalue weighted by molar-refractivity contribution is 5.59. The van der Waals surface area contributed by atoms with Gasteiger partial charge in [0.15, 0.2) is 0 Å². The van der Waals surface area contributed by atoms with Crippen molar-refractivity contribution in [2.75, 3.05) is 24.5 Å². The second-order valence-corrected chi connectivity index (χ2v) is 5.12. The summed E-state index contributed by atoms with van der Waals surface area (Å²) in [6, 6.07) is 7.23. The lowest BCUT2D eigenvalue weighted by Crippen LogP contribution is -2.44. The molecule has 2 heterocycles. The van der Waals surface area contributed by atoms with Gasteiger partial charge in [-0.05, 0) is 43.5 Å². The van der Waals surface area contributed by atoms with Crippen molar-refractivity contribution in [2.24, 2.45) is 5.92 Å². The van der Waals surface area contributed by atoms with E-state index in [1.54, 1.807) is 6.07 Å². The highest BCUT2D eigenvalue weighted by atomic mass is 19.1. The lowest BCUT2D eigenvalue weighted by Gasteiger charge is -2.36. The van der Waals surface area contributed by atoms with Crippen LogP contribution < -0.4 is 10.2 Å². The normalized spacial score (nSPS) is 26.8. The molecule has 0 amide bonds. The molecule has 2 aliphatic heterocycles. The minimum absolute atomic E-state index is 0.340. The molecule has 1 N–H and O–H groups in total. The molecule has 18 heavy (non-hydrogen) atoms. The van der Waals surface area contributed by atoms with Crippen LogP contribution >= 0.6 is 0 Å². The van der Waals surface area contributed by atoms with Crippen LogP contribution in [-0.2, 0) is 0 Å². The Morgan fingerprint density at radius 3 is 3.11 bits per heavy atom. The number of piperidine rings is 1. The summed E-state index contributed by atoms with van der Waals surface area (Å²) in [4.78, 5) is 2.23. The highest BCUT2D eigenvalue weighted by Crippen LogP contribution is 2.30. The van der Waals surface area contributed by atoms with E-state index >= 15 is 0 Å². The third kappa shape index (κ3) is 1.95. The third-order valence-corrected chi connectivity index (χ3v) is 4.08. The van der Waals surface area contributed by atoms with Crippen molar-refractivity contribution in [3.8, 4) is 6.07 Å². The van der Waals surface area contributed by atoms with Crippen LogP contribution in [0.1, 0.15) is 18.4 Å². The third-order valence-electron chi connectivity index (χ3n) is 4.08. The number of fused-ring (bicyclic) bond motifs is 1. The second kappa shape index (κ2) is 4.58. The second-order valence-electron chi connectivity index (χ2n) is 5.12. The average molecular weight is 245 g/mol. The van der Waals surface area contributed by atoms with Gasteiger partial charge in [0.1, 0.15) is 11.9 Å². The lowest BCUT2D eigenvalue weighted by molar-refractivity contribution is 0.376. The molecule has 2 aliphatic rings. The van der Waals surface area contributed by atoms with Crippen molar-refractivity contribution < 1.29 is 4.39 Å². The minimum Gasteiger partial charge on any atom is -0.370 e. The predicted octanol–water partition coefficient (Wildman–Crippen LogP) is 1.89. The molecule has 1 aromatic carbocycles. The molecule has 3 rings (SSSR count). The first-order valence-electron chi connectivity index (χ1n) is 6.46. The fraction of sp³-hybridized carbons (Fsp3) is 0.500. The molecule has 0 saturated carbocycles. The lowest BCUT2D eigenvalue weighted by atomic mass is 9.92. The van der Waals surface area contributed by atoms with E-state index in [2.05, 4.69) is 16.3 Å². The Kier molecular flexibility index (Phi) is 2.92.